The number of esters is 1. The lowest BCUT2D eigenvalue weighted by atomic mass is 10.1. The molecular formula is C14H19ClO5S. The fourth-order valence-electron chi connectivity index (χ4n) is 1.73. The molecule has 1 atom stereocenters. The highest BCUT2D eigenvalue weighted by Gasteiger charge is 2.13. The molecule has 0 fully saturated rings. The molecule has 1 aromatic rings. The SMILES string of the molecule is COC(=O)c1ccccc1OCCC(C)CCS(=O)(=O)Cl. The molecule has 0 bridgehead atoms. The largest absolute Gasteiger partial charge is 0.493 e. The Labute approximate surface area is 129 Å². The van der Waals surface area contributed by atoms with Crippen molar-refractivity contribution in [3.63, 3.8) is 0 Å². The summed E-state index contributed by atoms with van der Waals surface area (Å²) in [6.07, 6.45) is 1.15. The highest BCUT2D eigenvalue weighted by Crippen LogP contribution is 2.20. The van der Waals surface area contributed by atoms with E-state index in [2.05, 4.69) is 4.74 Å². The van der Waals surface area contributed by atoms with Gasteiger partial charge in [0.05, 0.1) is 19.5 Å². The molecule has 0 saturated carbocycles. The first-order valence-electron chi connectivity index (χ1n) is 6.56. The lowest BCUT2D eigenvalue weighted by Crippen LogP contribution is -2.10. The Bertz CT molecular complexity index is 570. The first-order valence-corrected chi connectivity index (χ1v) is 9.04. The summed E-state index contributed by atoms with van der Waals surface area (Å²) in [4.78, 5) is 11.6. The molecule has 0 heterocycles. The topological polar surface area (TPSA) is 69.7 Å². The Kier molecular flexibility index (Phi) is 6.98. The number of rotatable bonds is 8. The van der Waals surface area contributed by atoms with Gasteiger partial charge in [0.1, 0.15) is 11.3 Å². The predicted molar refractivity (Wildman–Crippen MR) is 81.3 cm³/mol. The van der Waals surface area contributed by atoms with E-state index in [-0.39, 0.29) is 11.7 Å². The zero-order valence-corrected chi connectivity index (χ0v) is 13.6. The summed E-state index contributed by atoms with van der Waals surface area (Å²) in [6, 6.07) is 6.82. The summed E-state index contributed by atoms with van der Waals surface area (Å²) >= 11 is 0. The van der Waals surface area contributed by atoms with Crippen LogP contribution in [0.5, 0.6) is 5.75 Å². The molecule has 0 spiro atoms. The third-order valence-electron chi connectivity index (χ3n) is 3.02. The first kappa shape index (κ1) is 17.8. The van der Waals surface area contributed by atoms with Gasteiger partial charge in [-0.05, 0) is 30.9 Å². The van der Waals surface area contributed by atoms with Gasteiger partial charge in [0.15, 0.2) is 0 Å². The van der Waals surface area contributed by atoms with Crippen LogP contribution in [-0.4, -0.2) is 33.9 Å². The third-order valence-corrected chi connectivity index (χ3v) is 4.20. The van der Waals surface area contributed by atoms with E-state index >= 15 is 0 Å². The van der Waals surface area contributed by atoms with Crippen LogP contribution in [0.3, 0.4) is 0 Å². The van der Waals surface area contributed by atoms with Crippen LogP contribution >= 0.6 is 10.7 Å². The van der Waals surface area contributed by atoms with Gasteiger partial charge in [-0.15, -0.1) is 0 Å². The molecule has 7 heteroatoms. The van der Waals surface area contributed by atoms with Gasteiger partial charge in [-0.3, -0.25) is 0 Å². The van der Waals surface area contributed by atoms with Crippen molar-refractivity contribution >= 4 is 25.7 Å². The molecule has 1 unspecified atom stereocenters. The predicted octanol–water partition coefficient (Wildman–Crippen LogP) is 2.84. The van der Waals surface area contributed by atoms with Crippen molar-refractivity contribution in [2.45, 2.75) is 19.8 Å². The van der Waals surface area contributed by atoms with Gasteiger partial charge < -0.3 is 9.47 Å². The average molecular weight is 335 g/mol. The molecule has 5 nitrogen and oxygen atoms in total. The Balaban J connectivity index is 2.47. The van der Waals surface area contributed by atoms with Crippen LogP contribution in [0.2, 0.25) is 0 Å². The highest BCUT2D eigenvalue weighted by molar-refractivity contribution is 8.13. The summed E-state index contributed by atoms with van der Waals surface area (Å²) < 4.78 is 32.0. The number of hydrogen-bond donors (Lipinski definition) is 0. The standard InChI is InChI=1S/C14H19ClO5S/c1-11(8-10-21(15,17)18)7-9-20-13-6-4-3-5-12(13)14(16)19-2/h3-6,11H,7-10H2,1-2H3. The van der Waals surface area contributed by atoms with Gasteiger partial charge in [0.25, 0.3) is 0 Å². The molecule has 118 valence electrons. The number of benzene rings is 1. The van der Waals surface area contributed by atoms with E-state index in [1.54, 1.807) is 24.3 Å². The molecule has 0 aliphatic rings. The summed E-state index contributed by atoms with van der Waals surface area (Å²) in [5.74, 6) is 0.117. The molecule has 1 rings (SSSR count). The van der Waals surface area contributed by atoms with Crippen LogP contribution in [0.1, 0.15) is 30.1 Å². The van der Waals surface area contributed by atoms with E-state index in [9.17, 15) is 13.2 Å². The van der Waals surface area contributed by atoms with E-state index in [4.69, 9.17) is 15.4 Å². The van der Waals surface area contributed by atoms with Gasteiger partial charge in [0, 0.05) is 10.7 Å². The monoisotopic (exact) mass is 334 g/mol. The molecule has 0 amide bonds. The minimum absolute atomic E-state index is 0.0472. The van der Waals surface area contributed by atoms with Crippen molar-refractivity contribution in [3.8, 4) is 5.75 Å². The Morgan fingerprint density at radius 2 is 1.95 bits per heavy atom. The van der Waals surface area contributed by atoms with Crippen LogP contribution in [0, 0.1) is 5.92 Å². The lowest BCUT2D eigenvalue weighted by molar-refractivity contribution is 0.0595. The van der Waals surface area contributed by atoms with Crippen molar-refractivity contribution < 1.29 is 22.7 Å². The zero-order valence-electron chi connectivity index (χ0n) is 12.0. The summed E-state index contributed by atoms with van der Waals surface area (Å²) in [5, 5.41) is 0. The first-order chi connectivity index (χ1) is 9.83. The van der Waals surface area contributed by atoms with Gasteiger partial charge in [0.2, 0.25) is 9.05 Å². The lowest BCUT2D eigenvalue weighted by Gasteiger charge is -2.13. The average Bonchev–Trinajstić information content (AvgIpc) is 2.44. The maximum Gasteiger partial charge on any atom is 0.341 e. The summed E-state index contributed by atoms with van der Waals surface area (Å²) in [6.45, 7) is 2.31. The van der Waals surface area contributed by atoms with Gasteiger partial charge in [-0.25, -0.2) is 13.2 Å². The molecule has 21 heavy (non-hydrogen) atoms. The van der Waals surface area contributed by atoms with Crippen LogP contribution in [0.4, 0.5) is 0 Å². The smallest absolute Gasteiger partial charge is 0.341 e. The van der Waals surface area contributed by atoms with Crippen molar-refractivity contribution in [2.24, 2.45) is 5.92 Å². The summed E-state index contributed by atoms with van der Waals surface area (Å²) in [7, 11) is 3.03. The van der Waals surface area contributed by atoms with Crippen LogP contribution in [-0.2, 0) is 13.8 Å². The van der Waals surface area contributed by atoms with Gasteiger partial charge in [-0.2, -0.15) is 0 Å². The fraction of sp³-hybridized carbons (Fsp3) is 0.500. The molecule has 0 aliphatic carbocycles. The normalized spacial score (nSPS) is 12.7. The Hall–Kier alpha value is -1.27. The van der Waals surface area contributed by atoms with Crippen LogP contribution in [0.25, 0.3) is 0 Å². The quantitative estimate of drug-likeness (QED) is 0.540. The van der Waals surface area contributed by atoms with Crippen molar-refractivity contribution in [2.75, 3.05) is 19.5 Å². The van der Waals surface area contributed by atoms with E-state index < -0.39 is 15.0 Å². The number of methoxy groups -OCH3 is 1. The second-order valence-corrected chi connectivity index (χ2v) is 7.66. The number of halogens is 1. The van der Waals surface area contributed by atoms with E-state index in [0.29, 0.717) is 30.8 Å². The Morgan fingerprint density at radius 1 is 1.29 bits per heavy atom. The number of carbonyl (C=O) groups excluding carboxylic acids is 1. The molecule has 0 N–H and O–H groups in total. The zero-order chi connectivity index (χ0) is 15.9. The number of para-hydroxylation sites is 1. The minimum Gasteiger partial charge on any atom is -0.493 e. The molecular weight excluding hydrogens is 316 g/mol. The van der Waals surface area contributed by atoms with Crippen molar-refractivity contribution in [1.82, 2.24) is 0 Å². The highest BCUT2D eigenvalue weighted by atomic mass is 35.7. The van der Waals surface area contributed by atoms with Gasteiger partial charge >= 0.3 is 5.97 Å². The number of hydrogen-bond acceptors (Lipinski definition) is 5. The van der Waals surface area contributed by atoms with Crippen LogP contribution in [0.15, 0.2) is 24.3 Å². The second kappa shape index (κ2) is 8.24. The molecule has 0 radical (unpaired) electrons. The molecule has 1 aromatic carbocycles. The molecule has 0 aliphatic heterocycles. The molecule has 0 aromatic heterocycles. The van der Waals surface area contributed by atoms with Crippen LogP contribution < -0.4 is 4.74 Å². The number of ether oxygens (including phenoxy) is 2. The number of carbonyl (C=O) groups is 1. The van der Waals surface area contributed by atoms with E-state index in [1.165, 1.54) is 7.11 Å². The fourth-order valence-corrected chi connectivity index (χ4v) is 2.68. The van der Waals surface area contributed by atoms with E-state index in [0.717, 1.165) is 0 Å². The van der Waals surface area contributed by atoms with Crippen molar-refractivity contribution in [1.29, 1.82) is 0 Å². The second-order valence-electron chi connectivity index (χ2n) is 4.76. The maximum atomic E-state index is 11.6. The maximum absolute atomic E-state index is 11.6. The summed E-state index contributed by atoms with van der Waals surface area (Å²) in [5.41, 5.74) is 0.371. The Morgan fingerprint density at radius 3 is 2.57 bits per heavy atom. The minimum atomic E-state index is -3.45. The van der Waals surface area contributed by atoms with E-state index in [1.807, 2.05) is 6.92 Å². The molecule has 0 saturated heterocycles. The van der Waals surface area contributed by atoms with Gasteiger partial charge in [-0.1, -0.05) is 19.1 Å². The van der Waals surface area contributed by atoms with Crippen molar-refractivity contribution in [3.05, 3.63) is 29.8 Å². The third kappa shape index (κ3) is 6.82.